The number of nitrogens with zero attached hydrogens (tertiary/aromatic N) is 4. The van der Waals surface area contributed by atoms with Gasteiger partial charge in [-0.05, 0) is 37.6 Å². The number of rotatable bonds is 30. The van der Waals surface area contributed by atoms with Crippen LogP contribution in [0, 0.1) is 23.7 Å². The number of imide groups is 1. The third kappa shape index (κ3) is 16.1. The van der Waals surface area contributed by atoms with Gasteiger partial charge in [0.05, 0.1) is 88.7 Å². The van der Waals surface area contributed by atoms with E-state index in [1.165, 1.54) is 14.2 Å². The minimum atomic E-state index is -0.847. The number of carbonyl (C=O) groups excluding carboxylic acids is 7. The van der Waals surface area contributed by atoms with Gasteiger partial charge in [-0.15, -0.1) is 5.06 Å². The first-order valence-electron chi connectivity index (χ1n) is 22.0. The summed E-state index contributed by atoms with van der Waals surface area (Å²) in [6.07, 6.45) is 0.905. The Labute approximate surface area is 368 Å². The Morgan fingerprint density at radius 3 is 1.94 bits per heavy atom. The summed E-state index contributed by atoms with van der Waals surface area (Å²) in [7, 11) is 6.60. The molecule has 0 aromatic heterocycles. The van der Waals surface area contributed by atoms with E-state index in [0.717, 1.165) is 6.42 Å². The first-order chi connectivity index (χ1) is 29.3. The van der Waals surface area contributed by atoms with E-state index in [1.807, 2.05) is 53.5 Å². The number of ether oxygens (including phenoxy) is 5. The largest absolute Gasteiger partial charge is 0.379 e. The third-order valence-corrected chi connectivity index (χ3v) is 11.9. The van der Waals surface area contributed by atoms with Gasteiger partial charge in [0.15, 0.2) is 0 Å². The van der Waals surface area contributed by atoms with Crippen molar-refractivity contribution in [1.82, 2.24) is 25.1 Å². The van der Waals surface area contributed by atoms with Gasteiger partial charge < -0.3 is 49.4 Å². The second kappa shape index (κ2) is 27.4. The molecule has 356 valence electrons. The molecule has 2 saturated heterocycles. The van der Waals surface area contributed by atoms with Crippen molar-refractivity contribution in [2.45, 2.75) is 130 Å². The number of hydrogen-bond donors (Lipinski definition) is 2. The van der Waals surface area contributed by atoms with Gasteiger partial charge in [-0.3, -0.25) is 33.7 Å². The van der Waals surface area contributed by atoms with Crippen LogP contribution in [0.4, 0.5) is 0 Å². The summed E-state index contributed by atoms with van der Waals surface area (Å²) in [6, 6.07) is -2.21. The molecule has 19 nitrogen and oxygen atoms in total. The number of nitrogens with two attached hydrogens (primary N) is 1. The van der Waals surface area contributed by atoms with E-state index in [-0.39, 0.29) is 87.0 Å². The Bertz CT molecular complexity index is 1450. The molecule has 2 aliphatic heterocycles. The third-order valence-electron chi connectivity index (χ3n) is 11.9. The maximum atomic E-state index is 14.4. The monoisotopic (exact) mass is 885 g/mol. The second-order valence-corrected chi connectivity index (χ2v) is 17.0. The molecule has 8 atom stereocenters. The number of primary amides is 1. The van der Waals surface area contributed by atoms with Gasteiger partial charge in [-0.2, -0.15) is 0 Å². The van der Waals surface area contributed by atoms with Crippen molar-refractivity contribution in [2.75, 3.05) is 81.0 Å². The Morgan fingerprint density at radius 2 is 1.42 bits per heavy atom. The molecule has 0 bridgehead atoms. The summed E-state index contributed by atoms with van der Waals surface area (Å²) in [6.45, 7) is 15.8. The Morgan fingerprint density at radius 1 is 0.839 bits per heavy atom. The van der Waals surface area contributed by atoms with Gasteiger partial charge in [0.2, 0.25) is 23.6 Å². The Balaban J connectivity index is 1.92. The number of amides is 6. The highest BCUT2D eigenvalue weighted by Gasteiger charge is 2.43. The molecular formula is C43H76N6O13. The Hall–Kier alpha value is -3.75. The lowest BCUT2D eigenvalue weighted by Gasteiger charge is -2.41. The molecule has 2 aliphatic rings. The zero-order valence-corrected chi connectivity index (χ0v) is 39.1. The fraction of sp³-hybridized carbons (Fsp3) is 0.837. The van der Waals surface area contributed by atoms with E-state index in [4.69, 9.17) is 34.3 Å². The fourth-order valence-electron chi connectivity index (χ4n) is 8.15. The highest BCUT2D eigenvalue weighted by molar-refractivity contribution is 6.01. The number of methoxy groups -OCH3 is 2. The zero-order valence-electron chi connectivity index (χ0n) is 39.1. The number of nitrogens with one attached hydrogen (secondary N) is 1. The average Bonchev–Trinajstić information content (AvgIpc) is 3.83. The normalized spacial score (nSPS) is 19.1. The van der Waals surface area contributed by atoms with Gasteiger partial charge in [0.25, 0.3) is 11.8 Å². The van der Waals surface area contributed by atoms with Crippen molar-refractivity contribution >= 4 is 41.4 Å². The van der Waals surface area contributed by atoms with Crippen molar-refractivity contribution < 1.29 is 62.1 Å². The molecule has 62 heavy (non-hydrogen) atoms. The average molecular weight is 885 g/mol. The lowest BCUT2D eigenvalue weighted by Crippen LogP contribution is -2.60. The van der Waals surface area contributed by atoms with Crippen molar-refractivity contribution in [3.05, 3.63) is 0 Å². The van der Waals surface area contributed by atoms with E-state index < -0.39 is 59.9 Å². The highest BCUT2D eigenvalue weighted by Crippen LogP contribution is 2.29. The van der Waals surface area contributed by atoms with Crippen LogP contribution in [0.15, 0.2) is 0 Å². The molecule has 0 aromatic rings. The molecule has 2 rings (SSSR count). The summed E-state index contributed by atoms with van der Waals surface area (Å²) >= 11 is 0. The summed E-state index contributed by atoms with van der Waals surface area (Å²) < 4.78 is 28.3. The lowest BCUT2D eigenvalue weighted by molar-refractivity contribution is -0.198. The molecule has 19 heteroatoms. The smallest absolute Gasteiger partial charge is 0.335 e. The standard InChI is InChI=1S/C43H76N6O13/c1-12-29(6)39(32(57-10)26-35(52)48-18-13-14-31(48)40(58-11)30(7)41(44)54)47(9)43(56)37(27(2)3)45-42(55)38(28(4)5)46(8)19-21-60-23-25-61-24-22-59-20-17-36(53)62-49-33(50)15-16-34(49)51/h27-32,37-40H,12-26H2,1-11H3,(H2,44,54)(H,45,55)/t29?,30?,31?,32?,37-,38?,39?,40?/m0/s1. The number of likely N-dealkylation sites (N-methyl/N-ethyl adjacent to an activating group) is 2. The van der Waals surface area contributed by atoms with Crippen molar-refractivity contribution in [3.8, 4) is 0 Å². The molecule has 0 aromatic carbocycles. The summed E-state index contributed by atoms with van der Waals surface area (Å²) in [4.78, 5) is 99.4. The summed E-state index contributed by atoms with van der Waals surface area (Å²) in [5, 5.41) is 3.56. The maximum absolute atomic E-state index is 14.4. The van der Waals surface area contributed by atoms with Gasteiger partial charge >= 0.3 is 5.97 Å². The molecule has 7 unspecified atom stereocenters. The van der Waals surface area contributed by atoms with Gasteiger partial charge in [-0.1, -0.05) is 54.9 Å². The molecule has 2 heterocycles. The minimum absolute atomic E-state index is 0.0120. The van der Waals surface area contributed by atoms with E-state index in [1.54, 1.807) is 23.8 Å². The highest BCUT2D eigenvalue weighted by atomic mass is 16.7. The van der Waals surface area contributed by atoms with Crippen LogP contribution in [0.2, 0.25) is 0 Å². The van der Waals surface area contributed by atoms with Crippen LogP contribution in [-0.2, 0) is 62.1 Å². The maximum Gasteiger partial charge on any atom is 0.335 e. The van der Waals surface area contributed by atoms with Crippen LogP contribution in [-0.4, -0.2) is 179 Å². The van der Waals surface area contributed by atoms with Crippen LogP contribution in [0.1, 0.15) is 93.4 Å². The van der Waals surface area contributed by atoms with Crippen LogP contribution in [0.25, 0.3) is 0 Å². The van der Waals surface area contributed by atoms with E-state index >= 15 is 0 Å². The fourth-order valence-corrected chi connectivity index (χ4v) is 8.15. The first-order valence-corrected chi connectivity index (χ1v) is 22.0. The molecule has 0 saturated carbocycles. The van der Waals surface area contributed by atoms with Crippen molar-refractivity contribution in [3.63, 3.8) is 0 Å². The van der Waals surface area contributed by atoms with Crippen molar-refractivity contribution in [1.29, 1.82) is 0 Å². The van der Waals surface area contributed by atoms with Crippen LogP contribution in [0.3, 0.4) is 0 Å². The molecule has 0 spiro atoms. The van der Waals surface area contributed by atoms with Crippen LogP contribution in [0.5, 0.6) is 0 Å². The summed E-state index contributed by atoms with van der Waals surface area (Å²) in [5.74, 6) is -4.00. The second-order valence-electron chi connectivity index (χ2n) is 17.0. The quantitative estimate of drug-likeness (QED) is 0.0772. The topological polar surface area (TPSA) is 226 Å². The SMILES string of the molecule is CCC(C)C(C(CC(=O)N1CCCC1C(OC)C(C)C(N)=O)OC)N(C)C(=O)[C@@H](NC(=O)C(C(C)C)N(C)CCOCCOCCOCCC(=O)ON1C(=O)CCC1=O)C(C)C. The van der Waals surface area contributed by atoms with E-state index in [2.05, 4.69) is 5.32 Å². The van der Waals surface area contributed by atoms with E-state index in [0.29, 0.717) is 50.8 Å². The zero-order chi connectivity index (χ0) is 46.7. The lowest BCUT2D eigenvalue weighted by atomic mass is 9.89. The minimum Gasteiger partial charge on any atom is -0.379 e. The Kier molecular flexibility index (Phi) is 24.1. The van der Waals surface area contributed by atoms with Crippen LogP contribution < -0.4 is 11.1 Å². The number of hydrogen-bond acceptors (Lipinski definition) is 14. The molecule has 6 amide bonds. The molecule has 0 aliphatic carbocycles. The van der Waals surface area contributed by atoms with Crippen LogP contribution >= 0.6 is 0 Å². The molecule has 2 fully saturated rings. The molecule has 0 radical (unpaired) electrons. The summed E-state index contributed by atoms with van der Waals surface area (Å²) in [5.41, 5.74) is 5.61. The van der Waals surface area contributed by atoms with E-state index in [9.17, 15) is 33.6 Å². The predicted molar refractivity (Wildman–Crippen MR) is 228 cm³/mol. The number of hydroxylamine groups is 2. The van der Waals surface area contributed by atoms with Gasteiger partial charge in [0, 0.05) is 47.2 Å². The number of likely N-dealkylation sites (tertiary alicyclic amines) is 1. The number of carbonyl (C=O) groups is 7. The first kappa shape index (κ1) is 54.4. The molecular weight excluding hydrogens is 809 g/mol. The van der Waals surface area contributed by atoms with Gasteiger partial charge in [-0.25, -0.2) is 4.79 Å². The molecule has 3 N–H and O–H groups in total. The van der Waals surface area contributed by atoms with Crippen molar-refractivity contribution in [2.24, 2.45) is 29.4 Å². The predicted octanol–water partition coefficient (Wildman–Crippen LogP) is 1.54. The van der Waals surface area contributed by atoms with Gasteiger partial charge in [0.1, 0.15) is 6.04 Å².